The van der Waals surface area contributed by atoms with Crippen LogP contribution >= 0.6 is 12.4 Å². The Morgan fingerprint density at radius 2 is 2.36 bits per heavy atom. The second kappa shape index (κ2) is 4.53. The minimum absolute atomic E-state index is 0. The average molecular weight is 216 g/mol. The van der Waals surface area contributed by atoms with Gasteiger partial charge in [0.2, 0.25) is 0 Å². The van der Waals surface area contributed by atoms with Crippen LogP contribution in [0.3, 0.4) is 0 Å². The van der Waals surface area contributed by atoms with Gasteiger partial charge in [-0.15, -0.1) is 12.4 Å². The van der Waals surface area contributed by atoms with Gasteiger partial charge in [-0.2, -0.15) is 0 Å². The van der Waals surface area contributed by atoms with E-state index in [0.717, 1.165) is 17.9 Å². The van der Waals surface area contributed by atoms with E-state index in [1.165, 1.54) is 5.56 Å². The Hall–Kier alpha value is -0.930. The molecular formula is C10H14ClNO2. The van der Waals surface area contributed by atoms with E-state index in [1.807, 2.05) is 18.2 Å². The van der Waals surface area contributed by atoms with Crippen molar-refractivity contribution in [3.63, 3.8) is 0 Å². The van der Waals surface area contributed by atoms with E-state index in [4.69, 9.17) is 15.2 Å². The number of nitrogens with two attached hydrogens (primary N) is 1. The molecule has 2 rings (SSSR count). The van der Waals surface area contributed by atoms with Crippen LogP contribution in [-0.2, 0) is 6.42 Å². The second-order valence-electron chi connectivity index (χ2n) is 3.15. The Morgan fingerprint density at radius 1 is 1.57 bits per heavy atom. The summed E-state index contributed by atoms with van der Waals surface area (Å²) in [6.07, 6.45) is 1.03. The van der Waals surface area contributed by atoms with Crippen molar-refractivity contribution in [1.82, 2.24) is 0 Å². The fraction of sp³-hybridized carbons (Fsp3) is 0.400. The molecule has 1 heterocycles. The molecule has 1 aliphatic heterocycles. The van der Waals surface area contributed by atoms with Crippen molar-refractivity contribution < 1.29 is 9.47 Å². The summed E-state index contributed by atoms with van der Waals surface area (Å²) in [5, 5.41) is 0. The first-order chi connectivity index (χ1) is 6.33. The number of methoxy groups -OCH3 is 1. The summed E-state index contributed by atoms with van der Waals surface area (Å²) >= 11 is 0. The number of fused-ring (bicyclic) bond motifs is 1. The Labute approximate surface area is 89.6 Å². The first kappa shape index (κ1) is 11.1. The first-order valence-corrected chi connectivity index (χ1v) is 4.37. The molecule has 0 bridgehead atoms. The van der Waals surface area contributed by atoms with Crippen molar-refractivity contribution in [2.24, 2.45) is 5.73 Å². The molecule has 0 spiro atoms. The van der Waals surface area contributed by atoms with Gasteiger partial charge in [0.1, 0.15) is 17.6 Å². The maximum Gasteiger partial charge on any atom is 0.123 e. The number of rotatable bonds is 2. The number of halogens is 1. The fourth-order valence-electron chi connectivity index (χ4n) is 1.56. The lowest BCUT2D eigenvalue weighted by atomic mass is 10.1. The van der Waals surface area contributed by atoms with Crippen molar-refractivity contribution in [1.29, 1.82) is 0 Å². The molecule has 3 nitrogen and oxygen atoms in total. The van der Waals surface area contributed by atoms with E-state index in [2.05, 4.69) is 0 Å². The number of benzene rings is 1. The quantitative estimate of drug-likeness (QED) is 0.811. The second-order valence-corrected chi connectivity index (χ2v) is 3.15. The normalized spacial score (nSPS) is 18.0. The smallest absolute Gasteiger partial charge is 0.123 e. The highest BCUT2D eigenvalue weighted by Gasteiger charge is 2.21. The van der Waals surface area contributed by atoms with Crippen LogP contribution in [0.4, 0.5) is 0 Å². The van der Waals surface area contributed by atoms with Crippen molar-refractivity contribution in [3.8, 4) is 11.5 Å². The zero-order valence-electron chi connectivity index (χ0n) is 8.03. The van der Waals surface area contributed by atoms with Crippen LogP contribution in [0.15, 0.2) is 18.2 Å². The number of hydrogen-bond acceptors (Lipinski definition) is 3. The van der Waals surface area contributed by atoms with E-state index < -0.39 is 0 Å². The molecule has 0 radical (unpaired) electrons. The monoisotopic (exact) mass is 215 g/mol. The molecule has 0 fully saturated rings. The molecule has 14 heavy (non-hydrogen) atoms. The van der Waals surface area contributed by atoms with Crippen molar-refractivity contribution in [2.75, 3.05) is 13.7 Å². The molecule has 0 amide bonds. The highest BCUT2D eigenvalue weighted by Crippen LogP contribution is 2.31. The lowest BCUT2D eigenvalue weighted by Crippen LogP contribution is -2.24. The summed E-state index contributed by atoms with van der Waals surface area (Å²) in [4.78, 5) is 0. The van der Waals surface area contributed by atoms with Crippen molar-refractivity contribution in [2.45, 2.75) is 12.5 Å². The molecule has 4 heteroatoms. The number of hydrogen-bond donors (Lipinski definition) is 1. The van der Waals surface area contributed by atoms with Gasteiger partial charge in [0.15, 0.2) is 0 Å². The van der Waals surface area contributed by atoms with Gasteiger partial charge in [-0.3, -0.25) is 0 Å². The largest absolute Gasteiger partial charge is 0.497 e. The van der Waals surface area contributed by atoms with Crippen LogP contribution in [0.1, 0.15) is 5.56 Å². The van der Waals surface area contributed by atoms with Crippen molar-refractivity contribution in [3.05, 3.63) is 23.8 Å². The predicted molar refractivity (Wildman–Crippen MR) is 57.4 cm³/mol. The van der Waals surface area contributed by atoms with Gasteiger partial charge in [0.05, 0.1) is 7.11 Å². The van der Waals surface area contributed by atoms with Gasteiger partial charge in [-0.05, 0) is 18.2 Å². The van der Waals surface area contributed by atoms with E-state index in [1.54, 1.807) is 7.11 Å². The Morgan fingerprint density at radius 3 is 3.00 bits per heavy atom. The third-order valence-corrected chi connectivity index (χ3v) is 2.27. The van der Waals surface area contributed by atoms with Crippen LogP contribution < -0.4 is 15.2 Å². The minimum Gasteiger partial charge on any atom is -0.497 e. The molecule has 0 saturated heterocycles. The molecule has 0 aliphatic carbocycles. The van der Waals surface area contributed by atoms with Gasteiger partial charge >= 0.3 is 0 Å². The lowest BCUT2D eigenvalue weighted by Gasteiger charge is -2.05. The average Bonchev–Trinajstić information content (AvgIpc) is 2.58. The van der Waals surface area contributed by atoms with E-state index in [9.17, 15) is 0 Å². The van der Waals surface area contributed by atoms with Crippen LogP contribution in [0.2, 0.25) is 0 Å². The van der Waals surface area contributed by atoms with Gasteiger partial charge < -0.3 is 15.2 Å². The highest BCUT2D eigenvalue weighted by molar-refractivity contribution is 5.85. The van der Waals surface area contributed by atoms with E-state index >= 15 is 0 Å². The summed E-state index contributed by atoms with van der Waals surface area (Å²) in [5.41, 5.74) is 6.72. The topological polar surface area (TPSA) is 44.5 Å². The molecule has 1 aromatic rings. The van der Waals surface area contributed by atoms with E-state index in [-0.39, 0.29) is 18.5 Å². The van der Waals surface area contributed by atoms with Crippen LogP contribution in [0.25, 0.3) is 0 Å². The maximum absolute atomic E-state index is 5.58. The predicted octanol–water partition coefficient (Wildman–Crippen LogP) is 1.38. The summed E-state index contributed by atoms with van der Waals surface area (Å²) < 4.78 is 10.7. The third-order valence-electron chi connectivity index (χ3n) is 2.27. The summed E-state index contributed by atoms with van der Waals surface area (Å²) in [7, 11) is 1.66. The Kier molecular flexibility index (Phi) is 3.61. The molecule has 1 aromatic carbocycles. The molecule has 78 valence electrons. The third kappa shape index (κ3) is 1.94. The summed E-state index contributed by atoms with van der Waals surface area (Å²) in [5.74, 6) is 1.82. The molecule has 2 N–H and O–H groups in total. The zero-order chi connectivity index (χ0) is 9.26. The molecule has 1 unspecified atom stereocenters. The lowest BCUT2D eigenvalue weighted by molar-refractivity contribution is 0.241. The highest BCUT2D eigenvalue weighted by atomic mass is 35.5. The van der Waals surface area contributed by atoms with Gasteiger partial charge in [0, 0.05) is 18.5 Å². The Balaban J connectivity index is 0.000000980. The molecule has 1 atom stereocenters. The minimum atomic E-state index is 0. The molecule has 0 saturated carbocycles. The molecule has 0 aromatic heterocycles. The molecule has 1 aliphatic rings. The van der Waals surface area contributed by atoms with Crippen LogP contribution in [-0.4, -0.2) is 19.8 Å². The standard InChI is InChI=1S/C10H13NO2.ClH/c1-12-8-2-3-10-7(4-8)5-9(6-11)13-10;/h2-4,9H,5-6,11H2,1H3;1H. The van der Waals surface area contributed by atoms with Crippen LogP contribution in [0, 0.1) is 0 Å². The maximum atomic E-state index is 5.58. The fourth-order valence-corrected chi connectivity index (χ4v) is 1.56. The van der Waals surface area contributed by atoms with Crippen molar-refractivity contribution >= 4 is 12.4 Å². The summed E-state index contributed by atoms with van der Waals surface area (Å²) in [6.45, 7) is 0.566. The SMILES string of the molecule is COc1ccc2c(c1)CC(CN)O2.Cl. The zero-order valence-corrected chi connectivity index (χ0v) is 8.84. The van der Waals surface area contributed by atoms with Gasteiger partial charge in [-0.1, -0.05) is 0 Å². The number of ether oxygens (including phenoxy) is 2. The molecular weight excluding hydrogens is 202 g/mol. The Bertz CT molecular complexity index is 317. The van der Waals surface area contributed by atoms with E-state index in [0.29, 0.717) is 6.54 Å². The van der Waals surface area contributed by atoms with Crippen LogP contribution in [0.5, 0.6) is 11.5 Å². The van der Waals surface area contributed by atoms with Gasteiger partial charge in [0.25, 0.3) is 0 Å². The van der Waals surface area contributed by atoms with Gasteiger partial charge in [-0.25, -0.2) is 0 Å². The first-order valence-electron chi connectivity index (χ1n) is 4.37. The summed E-state index contributed by atoms with van der Waals surface area (Å²) in [6, 6.07) is 5.84.